The van der Waals surface area contributed by atoms with E-state index in [1.165, 1.54) is 5.69 Å². The van der Waals surface area contributed by atoms with Crippen LogP contribution in [0.1, 0.15) is 13.3 Å². The Kier molecular flexibility index (Phi) is 6.05. The van der Waals surface area contributed by atoms with Gasteiger partial charge in [0.2, 0.25) is 0 Å². The van der Waals surface area contributed by atoms with Crippen molar-refractivity contribution in [1.82, 2.24) is 4.90 Å². The van der Waals surface area contributed by atoms with Crippen LogP contribution < -0.4 is 10.6 Å². The van der Waals surface area contributed by atoms with Gasteiger partial charge in [-0.25, -0.2) is 0 Å². The molecule has 0 saturated heterocycles. The van der Waals surface area contributed by atoms with Crippen molar-refractivity contribution < 1.29 is 0 Å². The second-order valence-electron chi connectivity index (χ2n) is 4.40. The number of hydrogen-bond donors (Lipinski definition) is 1. The summed E-state index contributed by atoms with van der Waals surface area (Å²) in [6, 6.07) is 10.5. The summed E-state index contributed by atoms with van der Waals surface area (Å²) < 4.78 is 0. The number of nitrogens with two attached hydrogens (primary N) is 1. The molecule has 0 aliphatic carbocycles. The maximum Gasteiger partial charge on any atom is 0.190 e. The van der Waals surface area contributed by atoms with Crippen molar-refractivity contribution in [2.45, 2.75) is 13.3 Å². The Bertz CT molecular complexity index is 359. The molecular weight excluding hydrogens is 224 g/mol. The fraction of sp³-hybridized carbons (Fsp3) is 0.500. The van der Waals surface area contributed by atoms with Gasteiger partial charge >= 0.3 is 0 Å². The molecule has 0 radical (unpaired) electrons. The smallest absolute Gasteiger partial charge is 0.190 e. The fourth-order valence-corrected chi connectivity index (χ4v) is 1.71. The third-order valence-electron chi connectivity index (χ3n) is 2.82. The van der Waals surface area contributed by atoms with E-state index < -0.39 is 0 Å². The van der Waals surface area contributed by atoms with Crippen LogP contribution in [0, 0.1) is 0 Å². The molecule has 4 nitrogen and oxygen atoms in total. The summed E-state index contributed by atoms with van der Waals surface area (Å²) in [6.45, 7) is 4.96. The average Bonchev–Trinajstić information content (AvgIpc) is 2.39. The number of guanidine groups is 1. The van der Waals surface area contributed by atoms with Crippen LogP contribution >= 0.6 is 0 Å². The summed E-state index contributed by atoms with van der Waals surface area (Å²) in [7, 11) is 3.81. The first-order valence-electron chi connectivity index (χ1n) is 6.42. The first kappa shape index (κ1) is 14.4. The van der Waals surface area contributed by atoms with Crippen molar-refractivity contribution in [2.75, 3.05) is 38.6 Å². The summed E-state index contributed by atoms with van der Waals surface area (Å²) >= 11 is 0. The van der Waals surface area contributed by atoms with Gasteiger partial charge in [-0.1, -0.05) is 18.2 Å². The van der Waals surface area contributed by atoms with Crippen molar-refractivity contribution in [3.05, 3.63) is 30.3 Å². The molecule has 0 atom stereocenters. The van der Waals surface area contributed by atoms with Crippen LogP contribution in [0.5, 0.6) is 0 Å². The third kappa shape index (κ3) is 4.65. The van der Waals surface area contributed by atoms with Crippen molar-refractivity contribution in [1.29, 1.82) is 0 Å². The summed E-state index contributed by atoms with van der Waals surface area (Å²) in [5, 5.41) is 0. The Hall–Kier alpha value is -1.71. The minimum atomic E-state index is 0.595. The second-order valence-corrected chi connectivity index (χ2v) is 4.40. The van der Waals surface area contributed by atoms with Gasteiger partial charge < -0.3 is 15.5 Å². The monoisotopic (exact) mass is 248 g/mol. The largest absolute Gasteiger partial charge is 0.372 e. The summed E-state index contributed by atoms with van der Waals surface area (Å²) in [5.74, 6) is 0.595. The Morgan fingerprint density at radius 2 is 1.89 bits per heavy atom. The predicted octanol–water partition coefficient (Wildman–Crippen LogP) is 1.78. The second kappa shape index (κ2) is 7.58. The number of benzene rings is 1. The van der Waals surface area contributed by atoms with Gasteiger partial charge in [0.05, 0.1) is 0 Å². The van der Waals surface area contributed by atoms with Gasteiger partial charge in [-0.3, -0.25) is 4.99 Å². The van der Waals surface area contributed by atoms with E-state index in [-0.39, 0.29) is 0 Å². The highest BCUT2D eigenvalue weighted by Crippen LogP contribution is 2.12. The van der Waals surface area contributed by atoms with E-state index in [9.17, 15) is 0 Å². The number of para-hydroxylation sites is 1. The number of anilines is 1. The van der Waals surface area contributed by atoms with E-state index in [4.69, 9.17) is 5.73 Å². The molecule has 1 rings (SSSR count). The lowest BCUT2D eigenvalue weighted by atomic mass is 10.2. The topological polar surface area (TPSA) is 44.9 Å². The molecule has 0 fully saturated rings. The van der Waals surface area contributed by atoms with Crippen LogP contribution in [0.4, 0.5) is 5.69 Å². The van der Waals surface area contributed by atoms with Crippen molar-refractivity contribution in [3.8, 4) is 0 Å². The number of rotatable bonds is 6. The minimum absolute atomic E-state index is 0.595. The third-order valence-corrected chi connectivity index (χ3v) is 2.82. The fourth-order valence-electron chi connectivity index (χ4n) is 1.71. The van der Waals surface area contributed by atoms with E-state index in [0.29, 0.717) is 5.96 Å². The zero-order valence-corrected chi connectivity index (χ0v) is 11.6. The summed E-state index contributed by atoms with van der Waals surface area (Å²) in [4.78, 5) is 8.49. The molecule has 0 bridgehead atoms. The Labute approximate surface area is 110 Å². The van der Waals surface area contributed by atoms with Crippen LogP contribution in [-0.2, 0) is 0 Å². The molecule has 0 heterocycles. The van der Waals surface area contributed by atoms with E-state index in [1.807, 2.05) is 25.1 Å². The zero-order chi connectivity index (χ0) is 13.4. The van der Waals surface area contributed by atoms with Gasteiger partial charge in [-0.15, -0.1) is 0 Å². The Balaban J connectivity index is 2.40. The van der Waals surface area contributed by atoms with E-state index in [1.54, 1.807) is 0 Å². The standard InChI is InChI=1S/C14H24N4/c1-4-18(13-9-6-5-7-10-13)12-8-11-16-14(15)17(2)3/h5-7,9-10H,4,8,11-12H2,1-3H3,(H2,15,16). The van der Waals surface area contributed by atoms with Crippen molar-refractivity contribution in [3.63, 3.8) is 0 Å². The zero-order valence-electron chi connectivity index (χ0n) is 11.6. The van der Waals surface area contributed by atoms with Crippen LogP contribution in [0.15, 0.2) is 35.3 Å². The molecule has 0 amide bonds. The molecule has 0 spiro atoms. The summed E-state index contributed by atoms with van der Waals surface area (Å²) in [6.07, 6.45) is 1.01. The van der Waals surface area contributed by atoms with E-state index in [0.717, 1.165) is 26.1 Å². The van der Waals surface area contributed by atoms with Crippen molar-refractivity contribution >= 4 is 11.6 Å². The van der Waals surface area contributed by atoms with Gasteiger partial charge in [0, 0.05) is 39.4 Å². The maximum atomic E-state index is 5.74. The molecule has 0 aliphatic heterocycles. The highest BCUT2D eigenvalue weighted by molar-refractivity contribution is 5.77. The molecule has 1 aromatic rings. The van der Waals surface area contributed by atoms with Gasteiger partial charge in [0.1, 0.15) is 0 Å². The summed E-state index contributed by atoms with van der Waals surface area (Å²) in [5.41, 5.74) is 7.01. The minimum Gasteiger partial charge on any atom is -0.372 e. The SMILES string of the molecule is CCN(CCCN=C(N)N(C)C)c1ccccc1. The van der Waals surface area contributed by atoms with Gasteiger partial charge in [-0.2, -0.15) is 0 Å². The molecular formula is C14H24N4. The Morgan fingerprint density at radius 1 is 1.22 bits per heavy atom. The highest BCUT2D eigenvalue weighted by atomic mass is 15.2. The normalized spacial score (nSPS) is 11.4. The lowest BCUT2D eigenvalue weighted by molar-refractivity contribution is 0.607. The lowest BCUT2D eigenvalue weighted by Crippen LogP contribution is -2.31. The van der Waals surface area contributed by atoms with Crippen molar-refractivity contribution in [2.24, 2.45) is 10.7 Å². The first-order chi connectivity index (χ1) is 8.65. The molecule has 4 heteroatoms. The van der Waals surface area contributed by atoms with Crippen LogP contribution in [0.2, 0.25) is 0 Å². The molecule has 0 unspecified atom stereocenters. The van der Waals surface area contributed by atoms with Crippen LogP contribution in [0.25, 0.3) is 0 Å². The Morgan fingerprint density at radius 3 is 2.44 bits per heavy atom. The maximum absolute atomic E-state index is 5.74. The van der Waals surface area contributed by atoms with Gasteiger partial charge in [0.15, 0.2) is 5.96 Å². The molecule has 1 aromatic carbocycles. The lowest BCUT2D eigenvalue weighted by Gasteiger charge is -2.22. The predicted molar refractivity (Wildman–Crippen MR) is 79.1 cm³/mol. The molecule has 2 N–H and O–H groups in total. The first-order valence-corrected chi connectivity index (χ1v) is 6.42. The number of nitrogens with zero attached hydrogens (tertiary/aromatic N) is 3. The van der Waals surface area contributed by atoms with Gasteiger partial charge in [0.25, 0.3) is 0 Å². The molecule has 18 heavy (non-hydrogen) atoms. The van der Waals surface area contributed by atoms with Crippen LogP contribution in [0.3, 0.4) is 0 Å². The molecule has 100 valence electrons. The molecule has 0 aliphatic rings. The number of aliphatic imine (C=N–C) groups is 1. The average molecular weight is 248 g/mol. The van der Waals surface area contributed by atoms with E-state index >= 15 is 0 Å². The molecule has 0 aromatic heterocycles. The highest BCUT2D eigenvalue weighted by Gasteiger charge is 2.02. The quantitative estimate of drug-likeness (QED) is 0.474. The van der Waals surface area contributed by atoms with Gasteiger partial charge in [-0.05, 0) is 25.5 Å². The molecule has 0 saturated carbocycles. The van der Waals surface area contributed by atoms with E-state index in [2.05, 4.69) is 41.1 Å². The number of hydrogen-bond acceptors (Lipinski definition) is 2. The van der Waals surface area contributed by atoms with Crippen LogP contribution in [-0.4, -0.2) is 44.6 Å².